The molecule has 0 spiro atoms. The van der Waals surface area contributed by atoms with Crippen LogP contribution in [0.25, 0.3) is 0 Å². The average molecular weight is 226 g/mol. The first-order valence-corrected chi connectivity index (χ1v) is 5.66. The van der Waals surface area contributed by atoms with Gasteiger partial charge in [0.2, 0.25) is 0 Å². The Morgan fingerprint density at radius 3 is 2.60 bits per heavy atom. The van der Waals surface area contributed by atoms with Crippen LogP contribution < -0.4 is 11.1 Å². The summed E-state index contributed by atoms with van der Waals surface area (Å²) in [7, 11) is 0. The van der Waals surface area contributed by atoms with Gasteiger partial charge >= 0.3 is 0 Å². The number of rotatable bonds is 4. The predicted octanol–water partition coefficient (Wildman–Crippen LogP) is 1.89. The summed E-state index contributed by atoms with van der Waals surface area (Å²) in [5, 5.41) is 2.99. The first-order chi connectivity index (χ1) is 7.13. The van der Waals surface area contributed by atoms with Crippen molar-refractivity contribution in [3.05, 3.63) is 36.2 Å². The number of anilines is 1. The molecule has 0 heterocycles. The fourth-order valence-electron chi connectivity index (χ4n) is 0.946. The minimum atomic E-state index is -1.92. The van der Waals surface area contributed by atoms with Crippen LogP contribution in [0.1, 0.15) is 13.3 Å². The van der Waals surface area contributed by atoms with Crippen LogP contribution in [0.15, 0.2) is 41.1 Å². The Balaban J connectivity index is 2.69. The maximum absolute atomic E-state index is 10.7. The second-order valence-corrected chi connectivity index (χ2v) is 3.96. The van der Waals surface area contributed by atoms with E-state index in [1.807, 2.05) is 6.92 Å². The molecule has 0 saturated heterocycles. The van der Waals surface area contributed by atoms with E-state index in [1.165, 1.54) is 0 Å². The molecule has 0 amide bonds. The standard InChI is InChI=1S/C10H14N2O2S/c1-2-8(11)7-12-9-3-5-10(6-4-9)15(13)14/h3-7,12H,2,11H2,1H3,(H,13,14)/b8-7-. The van der Waals surface area contributed by atoms with Crippen molar-refractivity contribution >= 4 is 16.8 Å². The molecule has 5 heteroatoms. The summed E-state index contributed by atoms with van der Waals surface area (Å²) in [6.07, 6.45) is 2.50. The van der Waals surface area contributed by atoms with Crippen LogP contribution in [0.2, 0.25) is 0 Å². The lowest BCUT2D eigenvalue weighted by atomic mass is 10.3. The molecule has 0 aliphatic rings. The first-order valence-electron chi connectivity index (χ1n) is 4.55. The molecule has 1 unspecified atom stereocenters. The lowest BCUT2D eigenvalue weighted by Crippen LogP contribution is -1.99. The van der Waals surface area contributed by atoms with Crippen molar-refractivity contribution in [3.8, 4) is 0 Å². The summed E-state index contributed by atoms with van der Waals surface area (Å²) in [4.78, 5) is 0.382. The Hall–Kier alpha value is -1.33. The highest BCUT2D eigenvalue weighted by molar-refractivity contribution is 7.79. The molecular weight excluding hydrogens is 212 g/mol. The first kappa shape index (κ1) is 11.7. The number of nitrogens with one attached hydrogen (secondary N) is 1. The molecule has 0 aliphatic heterocycles. The van der Waals surface area contributed by atoms with Gasteiger partial charge in [0.05, 0.1) is 4.90 Å². The van der Waals surface area contributed by atoms with Crippen molar-refractivity contribution in [2.24, 2.45) is 5.73 Å². The molecule has 0 radical (unpaired) electrons. The van der Waals surface area contributed by atoms with Crippen molar-refractivity contribution in [2.45, 2.75) is 18.2 Å². The maximum Gasteiger partial charge on any atom is 0.186 e. The fraction of sp³-hybridized carbons (Fsp3) is 0.200. The highest BCUT2D eigenvalue weighted by Crippen LogP contribution is 2.11. The summed E-state index contributed by atoms with van der Waals surface area (Å²) in [5.41, 5.74) is 7.20. The van der Waals surface area contributed by atoms with Gasteiger partial charge in [0.15, 0.2) is 11.1 Å². The van der Waals surface area contributed by atoms with Crippen LogP contribution in [0, 0.1) is 0 Å². The zero-order valence-corrected chi connectivity index (χ0v) is 9.25. The lowest BCUT2D eigenvalue weighted by Gasteiger charge is -2.02. The van der Waals surface area contributed by atoms with E-state index >= 15 is 0 Å². The molecule has 4 N–H and O–H groups in total. The van der Waals surface area contributed by atoms with E-state index in [2.05, 4.69) is 5.32 Å². The molecule has 1 rings (SSSR count). The van der Waals surface area contributed by atoms with E-state index in [0.717, 1.165) is 17.8 Å². The molecule has 15 heavy (non-hydrogen) atoms. The van der Waals surface area contributed by atoms with Gasteiger partial charge in [-0.2, -0.15) is 0 Å². The van der Waals surface area contributed by atoms with Gasteiger partial charge in [0.1, 0.15) is 0 Å². The predicted molar refractivity (Wildman–Crippen MR) is 61.7 cm³/mol. The quantitative estimate of drug-likeness (QED) is 0.685. The van der Waals surface area contributed by atoms with Crippen molar-refractivity contribution in [1.82, 2.24) is 0 Å². The molecule has 1 aromatic rings. The maximum atomic E-state index is 10.7. The Morgan fingerprint density at radius 1 is 1.53 bits per heavy atom. The summed E-state index contributed by atoms with van der Waals surface area (Å²) in [6.45, 7) is 1.96. The van der Waals surface area contributed by atoms with Gasteiger partial charge in [-0.15, -0.1) is 0 Å². The number of allylic oxidation sites excluding steroid dienone is 1. The van der Waals surface area contributed by atoms with E-state index in [-0.39, 0.29) is 0 Å². The number of nitrogens with two attached hydrogens (primary N) is 1. The number of hydrogen-bond acceptors (Lipinski definition) is 3. The largest absolute Gasteiger partial charge is 0.401 e. The summed E-state index contributed by atoms with van der Waals surface area (Å²) in [6, 6.07) is 6.63. The lowest BCUT2D eigenvalue weighted by molar-refractivity contribution is 0.564. The zero-order valence-electron chi connectivity index (χ0n) is 8.43. The summed E-state index contributed by atoms with van der Waals surface area (Å²) in [5.74, 6) is 0. The van der Waals surface area contributed by atoms with Gasteiger partial charge in [-0.1, -0.05) is 6.92 Å². The highest BCUT2D eigenvalue weighted by Gasteiger charge is 1.98. The van der Waals surface area contributed by atoms with Gasteiger partial charge in [0.25, 0.3) is 0 Å². The molecule has 0 bridgehead atoms. The third kappa shape index (κ3) is 3.73. The van der Waals surface area contributed by atoms with Crippen molar-refractivity contribution < 1.29 is 8.76 Å². The van der Waals surface area contributed by atoms with Crippen molar-refractivity contribution in [1.29, 1.82) is 0 Å². The summed E-state index contributed by atoms with van der Waals surface area (Å²) < 4.78 is 19.5. The van der Waals surface area contributed by atoms with Gasteiger partial charge in [-0.05, 0) is 30.7 Å². The molecule has 0 fully saturated rings. The van der Waals surface area contributed by atoms with E-state index in [0.29, 0.717) is 4.90 Å². The molecule has 0 aliphatic carbocycles. The Labute approximate surface area is 91.5 Å². The second-order valence-electron chi connectivity index (χ2n) is 2.99. The van der Waals surface area contributed by atoms with Gasteiger partial charge < -0.3 is 15.6 Å². The molecular formula is C10H14N2O2S. The minimum Gasteiger partial charge on any atom is -0.401 e. The molecule has 1 atom stereocenters. The number of hydrogen-bond donors (Lipinski definition) is 3. The van der Waals surface area contributed by atoms with E-state index in [4.69, 9.17) is 10.3 Å². The third-order valence-electron chi connectivity index (χ3n) is 1.89. The smallest absolute Gasteiger partial charge is 0.186 e. The second kappa shape index (κ2) is 5.53. The molecule has 4 nitrogen and oxygen atoms in total. The molecule has 0 aromatic heterocycles. The van der Waals surface area contributed by atoms with E-state index in [1.54, 1.807) is 30.5 Å². The van der Waals surface area contributed by atoms with Gasteiger partial charge in [-0.25, -0.2) is 4.21 Å². The normalized spacial score (nSPS) is 13.6. The minimum absolute atomic E-state index is 0.382. The van der Waals surface area contributed by atoms with Gasteiger partial charge in [0, 0.05) is 17.6 Å². The van der Waals surface area contributed by atoms with Crippen LogP contribution in [0.3, 0.4) is 0 Å². The topological polar surface area (TPSA) is 75.3 Å². The van der Waals surface area contributed by atoms with Crippen molar-refractivity contribution in [3.63, 3.8) is 0 Å². The fourth-order valence-corrected chi connectivity index (χ4v) is 1.31. The monoisotopic (exact) mass is 226 g/mol. The van der Waals surface area contributed by atoms with Crippen LogP contribution >= 0.6 is 0 Å². The number of benzene rings is 1. The van der Waals surface area contributed by atoms with Gasteiger partial charge in [-0.3, -0.25) is 0 Å². The Bertz CT molecular complexity index is 374. The van der Waals surface area contributed by atoms with E-state index in [9.17, 15) is 4.21 Å². The van der Waals surface area contributed by atoms with Crippen molar-refractivity contribution in [2.75, 3.05) is 5.32 Å². The van der Waals surface area contributed by atoms with Crippen LogP contribution in [0.5, 0.6) is 0 Å². The van der Waals surface area contributed by atoms with Crippen LogP contribution in [-0.4, -0.2) is 8.76 Å². The zero-order chi connectivity index (χ0) is 11.3. The SMILES string of the molecule is CC/C(N)=C/Nc1ccc(S(=O)O)cc1. The third-order valence-corrected chi connectivity index (χ3v) is 2.56. The molecule has 1 aromatic carbocycles. The highest BCUT2D eigenvalue weighted by atomic mass is 32.2. The Morgan fingerprint density at radius 2 is 2.13 bits per heavy atom. The average Bonchev–Trinajstić information content (AvgIpc) is 2.26. The summed E-state index contributed by atoms with van der Waals surface area (Å²) >= 11 is -1.92. The van der Waals surface area contributed by atoms with E-state index < -0.39 is 11.1 Å². The van der Waals surface area contributed by atoms with Crippen LogP contribution in [0.4, 0.5) is 5.69 Å². The molecule has 0 saturated carbocycles. The van der Waals surface area contributed by atoms with Crippen LogP contribution in [-0.2, 0) is 11.1 Å². The molecule has 82 valence electrons. The Kier molecular flexibility index (Phi) is 4.33.